The SMILES string of the molecule is Cc1nc2ccccc2nc1NCCN1CCCCC1. The van der Waals surface area contributed by atoms with Crippen molar-refractivity contribution in [3.05, 3.63) is 30.0 Å². The van der Waals surface area contributed by atoms with Gasteiger partial charge in [-0.3, -0.25) is 0 Å². The summed E-state index contributed by atoms with van der Waals surface area (Å²) in [6, 6.07) is 8.02. The Balaban J connectivity index is 1.63. The van der Waals surface area contributed by atoms with Gasteiger partial charge in [0.25, 0.3) is 0 Å². The summed E-state index contributed by atoms with van der Waals surface area (Å²) in [5, 5.41) is 3.44. The molecule has 20 heavy (non-hydrogen) atoms. The summed E-state index contributed by atoms with van der Waals surface area (Å²) in [6.45, 7) is 6.53. The molecule has 2 heterocycles. The van der Waals surface area contributed by atoms with E-state index in [9.17, 15) is 0 Å². The van der Waals surface area contributed by atoms with Gasteiger partial charge in [-0.05, 0) is 45.0 Å². The highest BCUT2D eigenvalue weighted by molar-refractivity contribution is 5.76. The zero-order valence-electron chi connectivity index (χ0n) is 12.1. The number of anilines is 1. The van der Waals surface area contributed by atoms with E-state index in [1.807, 2.05) is 31.2 Å². The van der Waals surface area contributed by atoms with Crippen LogP contribution < -0.4 is 5.32 Å². The molecule has 0 atom stereocenters. The van der Waals surface area contributed by atoms with Crippen molar-refractivity contribution < 1.29 is 0 Å². The summed E-state index contributed by atoms with van der Waals surface area (Å²) in [5.41, 5.74) is 2.90. The monoisotopic (exact) mass is 270 g/mol. The molecule has 0 unspecified atom stereocenters. The topological polar surface area (TPSA) is 41.1 Å². The average molecular weight is 270 g/mol. The Morgan fingerprint density at radius 2 is 1.75 bits per heavy atom. The van der Waals surface area contributed by atoms with Crippen molar-refractivity contribution in [2.75, 3.05) is 31.5 Å². The first-order chi connectivity index (χ1) is 9.83. The van der Waals surface area contributed by atoms with Crippen LogP contribution in [0.15, 0.2) is 24.3 Å². The van der Waals surface area contributed by atoms with Gasteiger partial charge in [0, 0.05) is 13.1 Å². The van der Waals surface area contributed by atoms with E-state index in [4.69, 9.17) is 0 Å². The van der Waals surface area contributed by atoms with Crippen LogP contribution in [0.2, 0.25) is 0 Å². The number of piperidine rings is 1. The van der Waals surface area contributed by atoms with Gasteiger partial charge in [0.1, 0.15) is 5.82 Å². The number of rotatable bonds is 4. The van der Waals surface area contributed by atoms with Crippen molar-refractivity contribution in [1.82, 2.24) is 14.9 Å². The van der Waals surface area contributed by atoms with Gasteiger partial charge in [-0.2, -0.15) is 0 Å². The Kier molecular flexibility index (Phi) is 4.11. The summed E-state index contributed by atoms with van der Waals surface area (Å²) in [5.74, 6) is 0.917. The first kappa shape index (κ1) is 13.3. The van der Waals surface area contributed by atoms with Crippen LogP contribution in [-0.2, 0) is 0 Å². The third-order valence-corrected chi connectivity index (χ3v) is 3.91. The third kappa shape index (κ3) is 3.07. The van der Waals surface area contributed by atoms with Gasteiger partial charge >= 0.3 is 0 Å². The maximum atomic E-state index is 4.67. The molecule has 0 spiro atoms. The lowest BCUT2D eigenvalue weighted by molar-refractivity contribution is 0.237. The quantitative estimate of drug-likeness (QED) is 0.927. The highest BCUT2D eigenvalue weighted by atomic mass is 15.1. The molecule has 4 nitrogen and oxygen atoms in total. The van der Waals surface area contributed by atoms with Crippen LogP contribution in [0.25, 0.3) is 11.0 Å². The smallest absolute Gasteiger partial charge is 0.148 e. The number of nitrogens with one attached hydrogen (secondary N) is 1. The van der Waals surface area contributed by atoms with E-state index in [0.29, 0.717) is 0 Å². The summed E-state index contributed by atoms with van der Waals surface area (Å²) < 4.78 is 0. The van der Waals surface area contributed by atoms with Gasteiger partial charge in [0.15, 0.2) is 0 Å². The Labute approximate surface area is 120 Å². The van der Waals surface area contributed by atoms with Crippen LogP contribution in [0.4, 0.5) is 5.82 Å². The minimum absolute atomic E-state index is 0.917. The minimum Gasteiger partial charge on any atom is -0.367 e. The molecule has 2 aromatic rings. The number of likely N-dealkylation sites (tertiary alicyclic amines) is 1. The fourth-order valence-corrected chi connectivity index (χ4v) is 2.77. The van der Waals surface area contributed by atoms with Crippen molar-refractivity contribution in [2.45, 2.75) is 26.2 Å². The number of hydrogen-bond acceptors (Lipinski definition) is 4. The van der Waals surface area contributed by atoms with E-state index in [2.05, 4.69) is 20.2 Å². The van der Waals surface area contributed by atoms with Gasteiger partial charge in [0.2, 0.25) is 0 Å². The number of aromatic nitrogens is 2. The molecule has 0 radical (unpaired) electrons. The van der Waals surface area contributed by atoms with Gasteiger partial charge in [-0.1, -0.05) is 18.6 Å². The molecule has 0 saturated carbocycles. The predicted octanol–water partition coefficient (Wildman–Crippen LogP) is 2.84. The number of benzene rings is 1. The molecule has 106 valence electrons. The summed E-state index contributed by atoms with van der Waals surface area (Å²) in [7, 11) is 0. The van der Waals surface area contributed by atoms with Gasteiger partial charge in [-0.15, -0.1) is 0 Å². The fourth-order valence-electron chi connectivity index (χ4n) is 2.77. The molecule has 1 aliphatic heterocycles. The maximum absolute atomic E-state index is 4.67. The van der Waals surface area contributed by atoms with Gasteiger partial charge in [0.05, 0.1) is 16.7 Å². The molecule has 4 heteroatoms. The van der Waals surface area contributed by atoms with E-state index >= 15 is 0 Å². The molecule has 1 aliphatic rings. The Bertz CT molecular complexity index is 576. The Hall–Kier alpha value is -1.68. The van der Waals surface area contributed by atoms with E-state index in [1.165, 1.54) is 32.4 Å². The van der Waals surface area contributed by atoms with Crippen LogP contribution in [-0.4, -0.2) is 41.0 Å². The summed E-state index contributed by atoms with van der Waals surface area (Å²) >= 11 is 0. The predicted molar refractivity (Wildman–Crippen MR) is 83.1 cm³/mol. The highest BCUT2D eigenvalue weighted by Crippen LogP contribution is 2.15. The van der Waals surface area contributed by atoms with Crippen LogP contribution in [0, 0.1) is 6.92 Å². The summed E-state index contributed by atoms with van der Waals surface area (Å²) in [4.78, 5) is 11.8. The van der Waals surface area contributed by atoms with Crippen LogP contribution in [0.5, 0.6) is 0 Å². The highest BCUT2D eigenvalue weighted by Gasteiger charge is 2.10. The summed E-state index contributed by atoms with van der Waals surface area (Å²) in [6.07, 6.45) is 4.07. The van der Waals surface area contributed by atoms with Crippen molar-refractivity contribution in [3.8, 4) is 0 Å². The lowest BCUT2D eigenvalue weighted by Gasteiger charge is -2.26. The zero-order valence-corrected chi connectivity index (χ0v) is 12.1. The standard InChI is InChI=1S/C16H22N4/c1-13-16(17-9-12-20-10-5-2-6-11-20)19-15-8-4-3-7-14(15)18-13/h3-4,7-8H,2,5-6,9-12H2,1H3,(H,17,19). The van der Waals surface area contributed by atoms with Crippen molar-refractivity contribution in [2.24, 2.45) is 0 Å². The van der Waals surface area contributed by atoms with Crippen molar-refractivity contribution in [1.29, 1.82) is 0 Å². The second kappa shape index (κ2) is 6.18. The van der Waals surface area contributed by atoms with Crippen LogP contribution in [0.3, 0.4) is 0 Å². The maximum Gasteiger partial charge on any atom is 0.148 e. The number of aryl methyl sites for hydroxylation is 1. The first-order valence-electron chi connectivity index (χ1n) is 7.52. The number of hydrogen-bond donors (Lipinski definition) is 1. The second-order valence-corrected chi connectivity index (χ2v) is 5.48. The number of para-hydroxylation sites is 2. The largest absolute Gasteiger partial charge is 0.367 e. The number of nitrogens with zero attached hydrogens (tertiary/aromatic N) is 3. The molecule has 1 aromatic carbocycles. The first-order valence-corrected chi connectivity index (χ1v) is 7.52. The fraction of sp³-hybridized carbons (Fsp3) is 0.500. The van der Waals surface area contributed by atoms with Gasteiger partial charge in [-0.25, -0.2) is 9.97 Å². The molecule has 1 aromatic heterocycles. The van der Waals surface area contributed by atoms with Crippen LogP contribution in [0.1, 0.15) is 25.0 Å². The van der Waals surface area contributed by atoms with Crippen LogP contribution >= 0.6 is 0 Å². The average Bonchev–Trinajstić information content (AvgIpc) is 2.49. The molecule has 0 bridgehead atoms. The Morgan fingerprint density at radius 1 is 1.05 bits per heavy atom. The molecular weight excluding hydrogens is 248 g/mol. The molecule has 3 rings (SSSR count). The van der Waals surface area contributed by atoms with E-state index < -0.39 is 0 Å². The molecule has 1 saturated heterocycles. The van der Waals surface area contributed by atoms with E-state index in [0.717, 1.165) is 35.6 Å². The molecular formula is C16H22N4. The number of fused-ring (bicyclic) bond motifs is 1. The molecule has 1 fully saturated rings. The molecule has 0 aliphatic carbocycles. The second-order valence-electron chi connectivity index (χ2n) is 5.48. The zero-order chi connectivity index (χ0) is 13.8. The lowest BCUT2D eigenvalue weighted by atomic mass is 10.1. The van der Waals surface area contributed by atoms with E-state index in [1.54, 1.807) is 0 Å². The minimum atomic E-state index is 0.917. The van der Waals surface area contributed by atoms with E-state index in [-0.39, 0.29) is 0 Å². The van der Waals surface area contributed by atoms with Gasteiger partial charge < -0.3 is 10.2 Å². The van der Waals surface area contributed by atoms with Crippen molar-refractivity contribution >= 4 is 16.9 Å². The molecule has 0 amide bonds. The normalized spacial score (nSPS) is 16.4. The van der Waals surface area contributed by atoms with Crippen molar-refractivity contribution in [3.63, 3.8) is 0 Å². The lowest BCUT2D eigenvalue weighted by Crippen LogP contribution is -2.33. The molecule has 1 N–H and O–H groups in total. The third-order valence-electron chi connectivity index (χ3n) is 3.91. The Morgan fingerprint density at radius 3 is 2.50 bits per heavy atom.